The van der Waals surface area contributed by atoms with Crippen LogP contribution in [0.1, 0.15) is 12.0 Å². The molecule has 2 aromatic carbocycles. The molecule has 0 aliphatic rings. The number of anilines is 1. The van der Waals surface area contributed by atoms with Gasteiger partial charge in [-0.05, 0) is 36.2 Å². The zero-order valence-electron chi connectivity index (χ0n) is 16.2. The van der Waals surface area contributed by atoms with Gasteiger partial charge in [0.15, 0.2) is 16.6 Å². The third-order valence-electron chi connectivity index (χ3n) is 4.21. The van der Waals surface area contributed by atoms with Crippen molar-refractivity contribution in [2.75, 3.05) is 33.8 Å². The monoisotopic (exact) mass is 402 g/mol. The Morgan fingerprint density at radius 2 is 1.68 bits per heavy atom. The van der Waals surface area contributed by atoms with Crippen LogP contribution in [0.15, 0.2) is 30.3 Å². The SMILES string of the molecule is COc1cc(CCC(=O)Nc2nc3c(OC)cccc3s2)cc(OC)c1OC. The average Bonchev–Trinajstić information content (AvgIpc) is 3.13. The Hall–Kier alpha value is -3.00. The summed E-state index contributed by atoms with van der Waals surface area (Å²) < 4.78 is 22.3. The molecular formula is C20H22N2O5S. The van der Waals surface area contributed by atoms with E-state index >= 15 is 0 Å². The first-order chi connectivity index (χ1) is 13.6. The summed E-state index contributed by atoms with van der Waals surface area (Å²) in [5.74, 6) is 2.23. The van der Waals surface area contributed by atoms with Crippen LogP contribution in [-0.2, 0) is 11.2 Å². The Kier molecular flexibility index (Phi) is 6.20. The van der Waals surface area contributed by atoms with E-state index < -0.39 is 0 Å². The first kappa shape index (κ1) is 19.8. The first-order valence-electron chi connectivity index (χ1n) is 8.61. The number of carbonyl (C=O) groups is 1. The molecule has 8 heteroatoms. The Labute approximate surface area is 167 Å². The molecule has 0 atom stereocenters. The normalized spacial score (nSPS) is 10.6. The second-order valence-electron chi connectivity index (χ2n) is 5.91. The summed E-state index contributed by atoms with van der Waals surface area (Å²) in [4.78, 5) is 16.8. The van der Waals surface area contributed by atoms with Gasteiger partial charge in [-0.15, -0.1) is 0 Å². The van der Waals surface area contributed by atoms with E-state index in [9.17, 15) is 4.79 Å². The van der Waals surface area contributed by atoms with Crippen LogP contribution in [0, 0.1) is 0 Å². The summed E-state index contributed by atoms with van der Waals surface area (Å²) in [6.07, 6.45) is 0.822. The largest absolute Gasteiger partial charge is 0.494 e. The molecule has 0 aliphatic heterocycles. The number of aryl methyl sites for hydroxylation is 1. The Bertz CT molecular complexity index is 961. The van der Waals surface area contributed by atoms with Gasteiger partial charge in [-0.3, -0.25) is 4.79 Å². The molecule has 7 nitrogen and oxygen atoms in total. The van der Waals surface area contributed by atoms with E-state index in [0.29, 0.717) is 41.0 Å². The number of amides is 1. The van der Waals surface area contributed by atoms with Gasteiger partial charge in [-0.2, -0.15) is 0 Å². The number of carbonyl (C=O) groups excluding carboxylic acids is 1. The predicted molar refractivity (Wildman–Crippen MR) is 109 cm³/mol. The van der Waals surface area contributed by atoms with Crippen LogP contribution >= 0.6 is 11.3 Å². The van der Waals surface area contributed by atoms with Gasteiger partial charge < -0.3 is 24.3 Å². The van der Waals surface area contributed by atoms with E-state index in [1.165, 1.54) is 11.3 Å². The standard InChI is InChI=1S/C20H22N2O5S/c1-24-13-6-5-7-16-18(13)22-20(28-16)21-17(23)9-8-12-10-14(25-2)19(27-4)15(11-12)26-3/h5-7,10-11H,8-9H2,1-4H3,(H,21,22,23). The van der Waals surface area contributed by atoms with Crippen molar-refractivity contribution in [2.24, 2.45) is 0 Å². The summed E-state index contributed by atoms with van der Waals surface area (Å²) in [6.45, 7) is 0. The minimum atomic E-state index is -0.119. The van der Waals surface area contributed by atoms with Crippen molar-refractivity contribution in [3.8, 4) is 23.0 Å². The van der Waals surface area contributed by atoms with Crippen molar-refractivity contribution in [1.29, 1.82) is 0 Å². The van der Waals surface area contributed by atoms with Gasteiger partial charge in [0.05, 0.1) is 33.1 Å². The molecule has 28 heavy (non-hydrogen) atoms. The molecule has 1 heterocycles. The van der Waals surface area contributed by atoms with Crippen molar-refractivity contribution in [2.45, 2.75) is 12.8 Å². The number of benzene rings is 2. The highest BCUT2D eigenvalue weighted by Gasteiger charge is 2.15. The number of thiazole rings is 1. The van der Waals surface area contributed by atoms with Gasteiger partial charge in [0, 0.05) is 6.42 Å². The maximum Gasteiger partial charge on any atom is 0.226 e. The summed E-state index contributed by atoms with van der Waals surface area (Å²) in [6, 6.07) is 9.38. The number of para-hydroxylation sites is 1. The van der Waals surface area contributed by atoms with Gasteiger partial charge in [0.1, 0.15) is 11.3 Å². The third-order valence-corrected chi connectivity index (χ3v) is 5.15. The number of rotatable bonds is 8. The fourth-order valence-corrected chi connectivity index (χ4v) is 3.76. The number of fused-ring (bicyclic) bond motifs is 1. The van der Waals surface area contributed by atoms with E-state index in [-0.39, 0.29) is 5.91 Å². The fourth-order valence-electron chi connectivity index (χ4n) is 2.86. The molecule has 3 aromatic rings. The molecule has 0 radical (unpaired) electrons. The van der Waals surface area contributed by atoms with Gasteiger partial charge in [-0.25, -0.2) is 4.98 Å². The number of nitrogens with one attached hydrogen (secondary N) is 1. The molecule has 0 fully saturated rings. The second kappa shape index (κ2) is 8.79. The number of ether oxygens (including phenoxy) is 4. The van der Waals surface area contributed by atoms with Crippen LogP contribution in [0.4, 0.5) is 5.13 Å². The molecule has 0 spiro atoms. The zero-order valence-corrected chi connectivity index (χ0v) is 17.0. The lowest BCUT2D eigenvalue weighted by Crippen LogP contribution is -2.12. The van der Waals surface area contributed by atoms with Crippen molar-refractivity contribution in [1.82, 2.24) is 4.98 Å². The molecule has 3 rings (SSSR count). The summed E-state index contributed by atoms with van der Waals surface area (Å²) >= 11 is 1.41. The molecule has 0 bridgehead atoms. The fraction of sp³-hybridized carbons (Fsp3) is 0.300. The number of hydrogen-bond acceptors (Lipinski definition) is 7. The molecule has 0 aliphatic carbocycles. The lowest BCUT2D eigenvalue weighted by Gasteiger charge is -2.14. The van der Waals surface area contributed by atoms with Gasteiger partial charge in [0.2, 0.25) is 11.7 Å². The van der Waals surface area contributed by atoms with Crippen LogP contribution in [0.2, 0.25) is 0 Å². The topological polar surface area (TPSA) is 78.9 Å². The number of hydrogen-bond donors (Lipinski definition) is 1. The zero-order chi connectivity index (χ0) is 20.1. The Morgan fingerprint density at radius 3 is 2.29 bits per heavy atom. The minimum absolute atomic E-state index is 0.119. The molecule has 0 saturated heterocycles. The average molecular weight is 402 g/mol. The van der Waals surface area contributed by atoms with E-state index in [1.807, 2.05) is 30.3 Å². The summed E-state index contributed by atoms with van der Waals surface area (Å²) in [5.41, 5.74) is 1.66. The van der Waals surface area contributed by atoms with E-state index in [0.717, 1.165) is 15.8 Å². The van der Waals surface area contributed by atoms with Crippen molar-refractivity contribution >= 4 is 32.6 Å². The quantitative estimate of drug-likeness (QED) is 0.616. The highest BCUT2D eigenvalue weighted by molar-refractivity contribution is 7.22. The molecule has 1 amide bonds. The molecule has 1 N–H and O–H groups in total. The number of nitrogens with zero attached hydrogens (tertiary/aromatic N) is 1. The van der Waals surface area contributed by atoms with Crippen molar-refractivity contribution in [3.05, 3.63) is 35.9 Å². The minimum Gasteiger partial charge on any atom is -0.494 e. The van der Waals surface area contributed by atoms with Crippen LogP contribution in [0.25, 0.3) is 10.2 Å². The van der Waals surface area contributed by atoms with Crippen molar-refractivity contribution < 1.29 is 23.7 Å². The van der Waals surface area contributed by atoms with Crippen LogP contribution in [-0.4, -0.2) is 39.3 Å². The maximum atomic E-state index is 12.4. The number of methoxy groups -OCH3 is 4. The van der Waals surface area contributed by atoms with E-state index in [4.69, 9.17) is 18.9 Å². The highest BCUT2D eigenvalue weighted by Crippen LogP contribution is 2.38. The van der Waals surface area contributed by atoms with Crippen LogP contribution < -0.4 is 24.3 Å². The molecule has 1 aromatic heterocycles. The summed E-state index contributed by atoms with van der Waals surface area (Å²) in [7, 11) is 6.29. The molecule has 0 saturated carbocycles. The first-order valence-corrected chi connectivity index (χ1v) is 9.43. The lowest BCUT2D eigenvalue weighted by atomic mass is 10.1. The van der Waals surface area contributed by atoms with Gasteiger partial charge in [0.25, 0.3) is 0 Å². The second-order valence-corrected chi connectivity index (χ2v) is 6.94. The van der Waals surface area contributed by atoms with Gasteiger partial charge in [-0.1, -0.05) is 17.4 Å². The van der Waals surface area contributed by atoms with Crippen LogP contribution in [0.5, 0.6) is 23.0 Å². The lowest BCUT2D eigenvalue weighted by molar-refractivity contribution is -0.116. The Morgan fingerprint density at radius 1 is 1.00 bits per heavy atom. The predicted octanol–water partition coefficient (Wildman–Crippen LogP) is 3.90. The van der Waals surface area contributed by atoms with Crippen molar-refractivity contribution in [3.63, 3.8) is 0 Å². The Balaban J connectivity index is 1.69. The van der Waals surface area contributed by atoms with E-state index in [1.54, 1.807) is 28.4 Å². The maximum absolute atomic E-state index is 12.4. The highest BCUT2D eigenvalue weighted by atomic mass is 32.1. The van der Waals surface area contributed by atoms with Gasteiger partial charge >= 0.3 is 0 Å². The summed E-state index contributed by atoms with van der Waals surface area (Å²) in [5, 5.41) is 3.41. The smallest absolute Gasteiger partial charge is 0.226 e. The van der Waals surface area contributed by atoms with E-state index in [2.05, 4.69) is 10.3 Å². The molecule has 148 valence electrons. The van der Waals surface area contributed by atoms with Crippen LogP contribution in [0.3, 0.4) is 0 Å². The molecule has 0 unspecified atom stereocenters. The number of aromatic nitrogens is 1. The molecular weight excluding hydrogens is 380 g/mol. The third kappa shape index (κ3) is 4.12.